The van der Waals surface area contributed by atoms with E-state index in [0.717, 1.165) is 10.5 Å². The van der Waals surface area contributed by atoms with Crippen LogP contribution in [0.5, 0.6) is 0 Å². The van der Waals surface area contributed by atoms with Crippen molar-refractivity contribution in [3.05, 3.63) is 35.9 Å². The second kappa shape index (κ2) is 8.32. The maximum atomic E-state index is 12.5. The van der Waals surface area contributed by atoms with Crippen LogP contribution >= 0.6 is 0 Å². The summed E-state index contributed by atoms with van der Waals surface area (Å²) in [7, 11) is 0. The Balaban J connectivity index is 1.58. The summed E-state index contributed by atoms with van der Waals surface area (Å²) in [5, 5.41) is 0. The zero-order valence-corrected chi connectivity index (χ0v) is 14.6. The van der Waals surface area contributed by atoms with Gasteiger partial charge in [-0.2, -0.15) is 8.78 Å². The molecule has 0 N–H and O–H groups in total. The molecule has 1 aromatic carbocycles. The Morgan fingerprint density at radius 3 is 2.48 bits per heavy atom. The number of nitrogens with zero attached hydrogens (tertiary/aromatic N) is 2. The highest BCUT2D eigenvalue weighted by molar-refractivity contribution is 5.84. The highest BCUT2D eigenvalue weighted by atomic mass is 19.3. The van der Waals surface area contributed by atoms with Gasteiger partial charge < -0.3 is 14.4 Å². The zero-order chi connectivity index (χ0) is 19.4. The van der Waals surface area contributed by atoms with Crippen LogP contribution in [0.15, 0.2) is 30.3 Å². The molecule has 0 bridgehead atoms. The number of halogens is 2. The van der Waals surface area contributed by atoms with Gasteiger partial charge in [0.25, 0.3) is 5.91 Å². The van der Waals surface area contributed by atoms with Crippen LogP contribution in [0.4, 0.5) is 13.6 Å². The SMILES string of the molecule is O=C(OCc1ccccc1)[C@@H]1COC(=O)N1C1CCN(C(=O)C(F)F)CC1. The van der Waals surface area contributed by atoms with E-state index in [0.29, 0.717) is 12.8 Å². The third-order valence-electron chi connectivity index (χ3n) is 4.76. The molecule has 2 fully saturated rings. The van der Waals surface area contributed by atoms with Gasteiger partial charge in [-0.15, -0.1) is 0 Å². The lowest BCUT2D eigenvalue weighted by molar-refractivity contribution is -0.151. The number of carbonyl (C=O) groups excluding carboxylic acids is 3. The first-order valence-electron chi connectivity index (χ1n) is 8.70. The molecule has 1 aromatic rings. The van der Waals surface area contributed by atoms with Gasteiger partial charge in [0, 0.05) is 19.1 Å². The molecule has 0 spiro atoms. The van der Waals surface area contributed by atoms with E-state index in [2.05, 4.69) is 0 Å². The molecule has 2 aliphatic heterocycles. The number of ether oxygens (including phenoxy) is 2. The first kappa shape index (κ1) is 19.1. The second-order valence-corrected chi connectivity index (χ2v) is 6.45. The second-order valence-electron chi connectivity index (χ2n) is 6.45. The van der Waals surface area contributed by atoms with E-state index in [4.69, 9.17) is 9.47 Å². The molecule has 0 unspecified atom stereocenters. The zero-order valence-electron chi connectivity index (χ0n) is 14.6. The standard InChI is InChI=1S/C18H20F2N2O5/c19-15(20)16(23)21-8-6-13(7-9-21)22-14(11-27-18(22)25)17(24)26-10-12-4-2-1-3-5-12/h1-5,13-15H,6-11H2/t14-/m0/s1. The quantitative estimate of drug-likeness (QED) is 0.726. The molecule has 1 atom stereocenters. The average Bonchev–Trinajstić information content (AvgIpc) is 3.08. The number of cyclic esters (lactones) is 1. The first-order valence-corrected chi connectivity index (χ1v) is 8.70. The van der Waals surface area contributed by atoms with Crippen LogP contribution in [-0.4, -0.2) is 66.0 Å². The lowest BCUT2D eigenvalue weighted by atomic mass is 10.0. The predicted molar refractivity (Wildman–Crippen MR) is 88.8 cm³/mol. The van der Waals surface area contributed by atoms with Crippen molar-refractivity contribution in [1.29, 1.82) is 0 Å². The molecule has 0 aliphatic carbocycles. The fourth-order valence-corrected chi connectivity index (χ4v) is 3.34. The number of rotatable bonds is 5. The minimum atomic E-state index is -3.04. The van der Waals surface area contributed by atoms with Crippen LogP contribution in [0, 0.1) is 0 Å². The monoisotopic (exact) mass is 382 g/mol. The topological polar surface area (TPSA) is 76.2 Å². The molecule has 2 heterocycles. The van der Waals surface area contributed by atoms with E-state index >= 15 is 0 Å². The molecule has 27 heavy (non-hydrogen) atoms. The molecule has 7 nitrogen and oxygen atoms in total. The molecule has 2 amide bonds. The van der Waals surface area contributed by atoms with Crippen molar-refractivity contribution < 1.29 is 32.6 Å². The Hall–Kier alpha value is -2.71. The van der Waals surface area contributed by atoms with Gasteiger partial charge in [0.15, 0.2) is 6.04 Å². The normalized spacial score (nSPS) is 20.7. The molecular formula is C18H20F2N2O5. The Morgan fingerprint density at radius 2 is 1.85 bits per heavy atom. The Kier molecular flexibility index (Phi) is 5.88. The van der Waals surface area contributed by atoms with Gasteiger partial charge >= 0.3 is 18.5 Å². The number of hydrogen-bond donors (Lipinski definition) is 0. The highest BCUT2D eigenvalue weighted by Gasteiger charge is 2.44. The van der Waals surface area contributed by atoms with E-state index in [1.807, 2.05) is 30.3 Å². The van der Waals surface area contributed by atoms with Crippen molar-refractivity contribution in [2.24, 2.45) is 0 Å². The predicted octanol–water partition coefficient (Wildman–Crippen LogP) is 1.81. The number of alkyl halides is 2. The number of carbonyl (C=O) groups is 3. The van der Waals surface area contributed by atoms with Crippen LogP contribution in [0.2, 0.25) is 0 Å². The van der Waals surface area contributed by atoms with Crippen LogP contribution in [0.1, 0.15) is 18.4 Å². The van der Waals surface area contributed by atoms with Crippen molar-refractivity contribution in [2.45, 2.75) is 38.0 Å². The van der Waals surface area contributed by atoms with Gasteiger partial charge in [0.05, 0.1) is 0 Å². The number of likely N-dealkylation sites (tertiary alicyclic amines) is 1. The fourth-order valence-electron chi connectivity index (χ4n) is 3.34. The van der Waals surface area contributed by atoms with Gasteiger partial charge in [0.1, 0.15) is 13.2 Å². The summed E-state index contributed by atoms with van der Waals surface area (Å²) >= 11 is 0. The number of esters is 1. The van der Waals surface area contributed by atoms with Crippen LogP contribution in [0.3, 0.4) is 0 Å². The van der Waals surface area contributed by atoms with E-state index in [9.17, 15) is 23.2 Å². The smallest absolute Gasteiger partial charge is 0.410 e. The van der Waals surface area contributed by atoms with Gasteiger partial charge in [-0.25, -0.2) is 9.59 Å². The summed E-state index contributed by atoms with van der Waals surface area (Å²) in [6.45, 7) is 0.176. The lowest BCUT2D eigenvalue weighted by Gasteiger charge is -2.37. The average molecular weight is 382 g/mol. The van der Waals surface area contributed by atoms with Gasteiger partial charge in [-0.05, 0) is 18.4 Å². The van der Waals surface area contributed by atoms with Crippen LogP contribution in [0.25, 0.3) is 0 Å². The summed E-state index contributed by atoms with van der Waals surface area (Å²) in [6.07, 6.45) is -3.07. The number of hydrogen-bond acceptors (Lipinski definition) is 5. The third kappa shape index (κ3) is 4.35. The minimum absolute atomic E-state index is 0.0829. The molecule has 146 valence electrons. The first-order chi connectivity index (χ1) is 13.0. The molecule has 2 saturated heterocycles. The summed E-state index contributed by atoms with van der Waals surface area (Å²) in [5.74, 6) is -1.79. The largest absolute Gasteiger partial charge is 0.459 e. The maximum Gasteiger partial charge on any atom is 0.410 e. The number of benzene rings is 1. The van der Waals surface area contributed by atoms with E-state index in [1.54, 1.807) is 0 Å². The summed E-state index contributed by atoms with van der Waals surface area (Å²) in [6, 6.07) is 7.90. The van der Waals surface area contributed by atoms with Crippen molar-refractivity contribution in [2.75, 3.05) is 19.7 Å². The molecule has 0 aromatic heterocycles. The minimum Gasteiger partial charge on any atom is -0.459 e. The van der Waals surface area contributed by atoms with Gasteiger partial charge in [-0.3, -0.25) is 9.69 Å². The maximum absolute atomic E-state index is 12.5. The molecule has 3 rings (SSSR count). The van der Waals surface area contributed by atoms with Crippen LogP contribution in [-0.2, 0) is 25.7 Å². The van der Waals surface area contributed by atoms with E-state index in [-0.39, 0.29) is 32.3 Å². The lowest BCUT2D eigenvalue weighted by Crippen LogP contribution is -2.52. The van der Waals surface area contributed by atoms with E-state index in [1.165, 1.54) is 4.90 Å². The summed E-state index contributed by atoms with van der Waals surface area (Å²) in [5.41, 5.74) is 0.821. The summed E-state index contributed by atoms with van der Waals surface area (Å²) in [4.78, 5) is 38.3. The van der Waals surface area contributed by atoms with Crippen molar-refractivity contribution in [3.63, 3.8) is 0 Å². The van der Waals surface area contributed by atoms with Crippen molar-refractivity contribution in [3.8, 4) is 0 Å². The molecule has 9 heteroatoms. The Bertz CT molecular complexity index is 692. The molecular weight excluding hydrogens is 362 g/mol. The molecule has 2 aliphatic rings. The molecule has 0 radical (unpaired) electrons. The van der Waals surface area contributed by atoms with E-state index < -0.39 is 30.4 Å². The van der Waals surface area contributed by atoms with Crippen LogP contribution < -0.4 is 0 Å². The van der Waals surface area contributed by atoms with Gasteiger partial charge in [-0.1, -0.05) is 30.3 Å². The van der Waals surface area contributed by atoms with Crippen molar-refractivity contribution in [1.82, 2.24) is 9.80 Å². The molecule has 0 saturated carbocycles. The van der Waals surface area contributed by atoms with Gasteiger partial charge in [0.2, 0.25) is 0 Å². The Labute approximate surface area is 154 Å². The summed E-state index contributed by atoms with van der Waals surface area (Å²) < 4.78 is 35.4. The number of piperidine rings is 1. The highest BCUT2D eigenvalue weighted by Crippen LogP contribution is 2.25. The Morgan fingerprint density at radius 1 is 1.19 bits per heavy atom. The fraction of sp³-hybridized carbons (Fsp3) is 0.500. The van der Waals surface area contributed by atoms with Crippen molar-refractivity contribution >= 4 is 18.0 Å². The third-order valence-corrected chi connectivity index (χ3v) is 4.76. The number of amides is 2.